The van der Waals surface area contributed by atoms with Crippen LogP contribution in [0.2, 0.25) is 0 Å². The number of fused-ring (bicyclic) bond motifs is 1. The summed E-state index contributed by atoms with van der Waals surface area (Å²) in [7, 11) is 0. The van der Waals surface area contributed by atoms with Crippen molar-refractivity contribution in [1.82, 2.24) is 0 Å². The van der Waals surface area contributed by atoms with Gasteiger partial charge in [0, 0.05) is 18.5 Å². The molecule has 0 saturated heterocycles. The molecule has 0 aromatic heterocycles. The van der Waals surface area contributed by atoms with E-state index < -0.39 is 11.7 Å². The number of alkyl halides is 3. The molecule has 5 heteroatoms. The molecule has 2 aromatic rings. The average Bonchev–Trinajstić information content (AvgIpc) is 2.75. The number of benzene rings is 2. The van der Waals surface area contributed by atoms with E-state index in [1.165, 1.54) is 13.0 Å². The molecule has 1 N–H and O–H groups in total. The van der Waals surface area contributed by atoms with Gasteiger partial charge in [0.25, 0.3) is 0 Å². The summed E-state index contributed by atoms with van der Waals surface area (Å²) in [5.41, 5.74) is 2.87. The third kappa shape index (κ3) is 3.13. The molecular formula is C19H15F3N2. The lowest BCUT2D eigenvalue weighted by molar-refractivity contribution is -0.138. The molecule has 1 heterocycles. The Kier molecular flexibility index (Phi) is 4.06. The van der Waals surface area contributed by atoms with Gasteiger partial charge in [0.05, 0.1) is 22.6 Å². The molecule has 2 aromatic carbocycles. The molecule has 0 spiro atoms. The molecule has 0 bridgehead atoms. The lowest BCUT2D eigenvalue weighted by Gasteiger charge is -2.14. The van der Waals surface area contributed by atoms with Crippen LogP contribution in [-0.2, 0) is 6.18 Å². The molecule has 3 rings (SSSR count). The first-order valence-electron chi connectivity index (χ1n) is 7.49. The van der Waals surface area contributed by atoms with Crippen LogP contribution in [0.1, 0.15) is 28.7 Å². The van der Waals surface area contributed by atoms with E-state index in [4.69, 9.17) is 6.42 Å². The number of hydrogen-bond donors (Lipinski definition) is 1. The summed E-state index contributed by atoms with van der Waals surface area (Å²) in [4.78, 5) is 4.59. The van der Waals surface area contributed by atoms with Gasteiger partial charge >= 0.3 is 6.18 Å². The van der Waals surface area contributed by atoms with Gasteiger partial charge < -0.3 is 5.32 Å². The van der Waals surface area contributed by atoms with Gasteiger partial charge in [-0.05, 0) is 42.3 Å². The predicted molar refractivity (Wildman–Crippen MR) is 89.9 cm³/mol. The number of aryl methyl sites for hydroxylation is 1. The summed E-state index contributed by atoms with van der Waals surface area (Å²) in [5.74, 6) is 2.58. The van der Waals surface area contributed by atoms with E-state index in [9.17, 15) is 13.2 Å². The fraction of sp³-hybridized carbons (Fsp3) is 0.211. The van der Waals surface area contributed by atoms with Crippen LogP contribution in [-0.4, -0.2) is 12.3 Å². The van der Waals surface area contributed by atoms with Crippen LogP contribution in [0.4, 0.5) is 24.5 Å². The predicted octanol–water partition coefficient (Wildman–Crippen LogP) is 4.93. The standard InChI is InChI=1S/C19H15F3N2/c1-3-13-5-4-6-14(10-13)16-7-8-23-17-11-15(19(20,21)22)12(2)9-18(17)24-16/h1,4-6,9-11,23H,7-8H2,2H3. The Labute approximate surface area is 138 Å². The van der Waals surface area contributed by atoms with Crippen molar-refractivity contribution >= 4 is 17.1 Å². The lowest BCUT2D eigenvalue weighted by Crippen LogP contribution is -2.09. The number of hydrogen-bond acceptors (Lipinski definition) is 2. The third-order valence-corrected chi connectivity index (χ3v) is 3.94. The van der Waals surface area contributed by atoms with E-state index in [2.05, 4.69) is 16.2 Å². The molecule has 0 fully saturated rings. The van der Waals surface area contributed by atoms with Crippen molar-refractivity contribution in [2.75, 3.05) is 11.9 Å². The zero-order valence-corrected chi connectivity index (χ0v) is 13.0. The molecule has 122 valence electrons. The molecule has 1 aliphatic heterocycles. The first kappa shape index (κ1) is 16.1. The SMILES string of the molecule is C#Cc1cccc(C2=Nc3cc(C)c(C(F)(F)F)cc3NCC2)c1. The monoisotopic (exact) mass is 328 g/mol. The summed E-state index contributed by atoms with van der Waals surface area (Å²) in [6.07, 6.45) is 1.65. The second-order valence-corrected chi connectivity index (χ2v) is 5.64. The molecule has 0 radical (unpaired) electrons. The van der Waals surface area contributed by atoms with Gasteiger partial charge in [-0.3, -0.25) is 4.99 Å². The lowest BCUT2D eigenvalue weighted by atomic mass is 10.0. The first-order chi connectivity index (χ1) is 11.4. The van der Waals surface area contributed by atoms with E-state index >= 15 is 0 Å². The van der Waals surface area contributed by atoms with Crippen LogP contribution < -0.4 is 5.32 Å². The molecule has 24 heavy (non-hydrogen) atoms. The van der Waals surface area contributed by atoms with Crippen LogP contribution in [0, 0.1) is 19.3 Å². The summed E-state index contributed by atoms with van der Waals surface area (Å²) in [6.45, 7) is 1.95. The Morgan fingerprint density at radius 1 is 1.21 bits per heavy atom. The number of nitrogens with zero attached hydrogens (tertiary/aromatic N) is 1. The van der Waals surface area contributed by atoms with E-state index in [1.807, 2.05) is 24.3 Å². The highest BCUT2D eigenvalue weighted by Gasteiger charge is 2.33. The first-order valence-corrected chi connectivity index (χ1v) is 7.49. The average molecular weight is 328 g/mol. The Bertz CT molecular complexity index is 858. The smallest absolute Gasteiger partial charge is 0.383 e. The Morgan fingerprint density at radius 2 is 2.00 bits per heavy atom. The number of terminal acetylenes is 1. The Balaban J connectivity index is 2.08. The number of aliphatic imine (C=N–C) groups is 1. The minimum absolute atomic E-state index is 0.158. The molecule has 1 aliphatic rings. The third-order valence-electron chi connectivity index (χ3n) is 3.94. The van der Waals surface area contributed by atoms with Crippen molar-refractivity contribution < 1.29 is 13.2 Å². The minimum Gasteiger partial charge on any atom is -0.383 e. The van der Waals surface area contributed by atoms with E-state index in [0.717, 1.165) is 22.9 Å². The van der Waals surface area contributed by atoms with Crippen LogP contribution in [0.3, 0.4) is 0 Å². The van der Waals surface area contributed by atoms with Gasteiger partial charge in [0.2, 0.25) is 0 Å². The second-order valence-electron chi connectivity index (χ2n) is 5.64. The van der Waals surface area contributed by atoms with Crippen molar-refractivity contribution in [3.63, 3.8) is 0 Å². The Hall–Kier alpha value is -2.74. The highest BCUT2D eigenvalue weighted by molar-refractivity contribution is 6.04. The van der Waals surface area contributed by atoms with Gasteiger partial charge in [-0.1, -0.05) is 18.1 Å². The minimum atomic E-state index is -4.37. The summed E-state index contributed by atoms with van der Waals surface area (Å²) < 4.78 is 39.2. The molecule has 2 nitrogen and oxygen atoms in total. The zero-order valence-electron chi connectivity index (χ0n) is 13.0. The van der Waals surface area contributed by atoms with Crippen LogP contribution in [0.5, 0.6) is 0 Å². The van der Waals surface area contributed by atoms with Gasteiger partial charge in [0.1, 0.15) is 0 Å². The van der Waals surface area contributed by atoms with Crippen molar-refractivity contribution in [3.8, 4) is 12.3 Å². The maximum absolute atomic E-state index is 13.1. The normalized spacial score (nSPS) is 14.0. The number of nitrogens with one attached hydrogen (secondary N) is 1. The summed E-state index contributed by atoms with van der Waals surface area (Å²) >= 11 is 0. The largest absolute Gasteiger partial charge is 0.416 e. The molecule has 0 amide bonds. The van der Waals surface area contributed by atoms with E-state index in [1.54, 1.807) is 0 Å². The summed E-state index contributed by atoms with van der Waals surface area (Å²) in [5, 5.41) is 3.04. The fourth-order valence-corrected chi connectivity index (χ4v) is 2.75. The van der Waals surface area contributed by atoms with Crippen LogP contribution >= 0.6 is 0 Å². The highest BCUT2D eigenvalue weighted by atomic mass is 19.4. The van der Waals surface area contributed by atoms with Crippen molar-refractivity contribution in [2.24, 2.45) is 4.99 Å². The molecule has 0 saturated carbocycles. The molecule has 0 unspecified atom stereocenters. The number of anilines is 1. The molecule has 0 aliphatic carbocycles. The van der Waals surface area contributed by atoms with Gasteiger partial charge in [-0.2, -0.15) is 13.2 Å². The van der Waals surface area contributed by atoms with Crippen molar-refractivity contribution in [2.45, 2.75) is 19.5 Å². The maximum atomic E-state index is 13.1. The maximum Gasteiger partial charge on any atom is 0.416 e. The van der Waals surface area contributed by atoms with Crippen molar-refractivity contribution in [3.05, 3.63) is 58.7 Å². The highest BCUT2D eigenvalue weighted by Crippen LogP contribution is 2.39. The number of rotatable bonds is 1. The zero-order chi connectivity index (χ0) is 17.3. The van der Waals surface area contributed by atoms with Crippen LogP contribution in [0.15, 0.2) is 41.4 Å². The topological polar surface area (TPSA) is 24.4 Å². The quantitative estimate of drug-likeness (QED) is 0.737. The fourth-order valence-electron chi connectivity index (χ4n) is 2.75. The van der Waals surface area contributed by atoms with Crippen LogP contribution in [0.25, 0.3) is 0 Å². The van der Waals surface area contributed by atoms with Gasteiger partial charge in [-0.25, -0.2) is 0 Å². The molecular weight excluding hydrogens is 313 g/mol. The van der Waals surface area contributed by atoms with E-state index in [-0.39, 0.29) is 5.56 Å². The van der Waals surface area contributed by atoms with E-state index in [0.29, 0.717) is 24.3 Å². The second kappa shape index (κ2) is 6.04. The van der Waals surface area contributed by atoms with Gasteiger partial charge in [-0.15, -0.1) is 6.42 Å². The van der Waals surface area contributed by atoms with Gasteiger partial charge in [0.15, 0.2) is 0 Å². The number of halogens is 3. The van der Waals surface area contributed by atoms with Crippen molar-refractivity contribution in [1.29, 1.82) is 0 Å². The Morgan fingerprint density at radius 3 is 2.71 bits per heavy atom. The summed E-state index contributed by atoms with van der Waals surface area (Å²) in [6, 6.07) is 10.1. The molecule has 0 atom stereocenters.